The van der Waals surface area contributed by atoms with Crippen molar-refractivity contribution in [2.75, 3.05) is 0 Å². The highest BCUT2D eigenvalue weighted by molar-refractivity contribution is 7.15. The topological polar surface area (TPSA) is 0 Å². The fourth-order valence-corrected chi connectivity index (χ4v) is 2.37. The normalized spacial score (nSPS) is 10.5. The van der Waals surface area contributed by atoms with Crippen molar-refractivity contribution in [1.82, 2.24) is 0 Å². The monoisotopic (exact) mass is 260 g/mol. The lowest BCUT2D eigenvalue weighted by Gasteiger charge is -2.04. The highest BCUT2D eigenvalue weighted by Gasteiger charge is 1.97. The Morgan fingerprint density at radius 3 is 1.12 bits per heavy atom. The Morgan fingerprint density at radius 2 is 0.824 bits per heavy atom. The Kier molecular flexibility index (Phi) is 4.72. The molecule has 0 saturated heterocycles. The van der Waals surface area contributed by atoms with E-state index in [0.717, 1.165) is 18.7 Å². The van der Waals surface area contributed by atoms with Crippen molar-refractivity contribution in [3.8, 4) is 0 Å². The Bertz CT molecular complexity index is 412. The molecule has 0 amide bonds. The first-order valence-corrected chi connectivity index (χ1v) is 7.51. The van der Waals surface area contributed by atoms with Crippen LogP contribution in [0.15, 0.2) is 48.5 Å². The average molecular weight is 260 g/mol. The average Bonchev–Trinajstić information content (AvgIpc) is 2.40. The molecule has 0 nitrogen and oxygen atoms in total. The summed E-state index contributed by atoms with van der Waals surface area (Å²) in [7, 11) is 5.51. The second-order valence-corrected chi connectivity index (χ2v) is 5.03. The summed E-state index contributed by atoms with van der Waals surface area (Å²) >= 11 is 0. The highest BCUT2D eigenvalue weighted by atomic mass is 31.0. The summed E-state index contributed by atoms with van der Waals surface area (Å²) in [5, 5.41) is 0. The van der Waals surface area contributed by atoms with Crippen LogP contribution >= 0.6 is 18.5 Å². The van der Waals surface area contributed by atoms with Crippen LogP contribution in [0.4, 0.5) is 0 Å². The fraction of sp³-hybridized carbons (Fsp3) is 0.200. The quantitative estimate of drug-likeness (QED) is 0.728. The van der Waals surface area contributed by atoms with E-state index in [0.29, 0.717) is 0 Å². The van der Waals surface area contributed by atoms with Crippen LogP contribution in [0.1, 0.15) is 22.3 Å². The fourth-order valence-electron chi connectivity index (χ4n) is 1.82. The first-order chi connectivity index (χ1) is 8.31. The number of hydrogen-bond donors (Lipinski definition) is 0. The maximum absolute atomic E-state index is 2.76. The third kappa shape index (κ3) is 3.63. The highest BCUT2D eigenvalue weighted by Crippen LogP contribution is 2.14. The molecule has 0 aliphatic rings. The van der Waals surface area contributed by atoms with Crippen LogP contribution in [0, 0.1) is 0 Å². The van der Waals surface area contributed by atoms with Crippen LogP contribution < -0.4 is 0 Å². The van der Waals surface area contributed by atoms with E-state index < -0.39 is 0 Å². The van der Waals surface area contributed by atoms with Crippen molar-refractivity contribution in [2.24, 2.45) is 0 Å². The van der Waals surface area contributed by atoms with E-state index in [1.807, 2.05) is 0 Å². The molecule has 2 aromatic rings. The summed E-state index contributed by atoms with van der Waals surface area (Å²) in [6.45, 7) is 0. The lowest BCUT2D eigenvalue weighted by molar-refractivity contribution is 1.18. The van der Waals surface area contributed by atoms with Gasteiger partial charge in [-0.3, -0.25) is 0 Å². The van der Waals surface area contributed by atoms with Gasteiger partial charge in [0.25, 0.3) is 0 Å². The first-order valence-electron chi connectivity index (χ1n) is 5.87. The van der Waals surface area contributed by atoms with Gasteiger partial charge in [-0.25, -0.2) is 0 Å². The predicted octanol–water partition coefficient (Wildman–Crippen LogP) is 4.03. The maximum atomic E-state index is 2.76. The van der Waals surface area contributed by atoms with Gasteiger partial charge in [0.05, 0.1) is 0 Å². The third-order valence-electron chi connectivity index (χ3n) is 2.93. The molecule has 0 aliphatic carbocycles. The second-order valence-electron chi connectivity index (χ2n) is 4.22. The molecule has 17 heavy (non-hydrogen) atoms. The Balaban J connectivity index is 2.08. The standard InChI is InChI=1S/C15H18P2/c16-10-14-5-1-12(2-6-14)9-13-3-7-15(11-17)8-4-13/h1-8H,9-11,16-17H2. The molecule has 2 atom stereocenters. The van der Waals surface area contributed by atoms with E-state index in [4.69, 9.17) is 0 Å². The molecule has 0 heterocycles. The van der Waals surface area contributed by atoms with Crippen molar-refractivity contribution in [2.45, 2.75) is 18.7 Å². The molecule has 0 saturated carbocycles. The van der Waals surface area contributed by atoms with Crippen LogP contribution in [0.2, 0.25) is 0 Å². The van der Waals surface area contributed by atoms with E-state index in [9.17, 15) is 0 Å². The summed E-state index contributed by atoms with van der Waals surface area (Å²) in [6.07, 6.45) is 3.08. The third-order valence-corrected chi connectivity index (χ3v) is 3.87. The minimum absolute atomic E-state index is 1.02. The van der Waals surface area contributed by atoms with E-state index in [1.165, 1.54) is 22.3 Å². The predicted molar refractivity (Wildman–Crippen MR) is 82.5 cm³/mol. The van der Waals surface area contributed by atoms with Crippen molar-refractivity contribution in [1.29, 1.82) is 0 Å². The molecule has 2 heteroatoms. The minimum Gasteiger partial charge on any atom is -0.133 e. The summed E-state index contributed by atoms with van der Waals surface area (Å²) in [6, 6.07) is 17.7. The van der Waals surface area contributed by atoms with Gasteiger partial charge in [-0.05, 0) is 41.0 Å². The Morgan fingerprint density at radius 1 is 0.529 bits per heavy atom. The Labute approximate surface area is 108 Å². The number of hydrogen-bond acceptors (Lipinski definition) is 0. The van der Waals surface area contributed by atoms with Gasteiger partial charge in [0.1, 0.15) is 0 Å². The van der Waals surface area contributed by atoms with Gasteiger partial charge in [-0.1, -0.05) is 48.5 Å². The van der Waals surface area contributed by atoms with E-state index >= 15 is 0 Å². The summed E-state index contributed by atoms with van der Waals surface area (Å²) in [5.74, 6) is 0. The molecule has 0 spiro atoms. The summed E-state index contributed by atoms with van der Waals surface area (Å²) in [4.78, 5) is 0. The minimum atomic E-state index is 1.02. The van der Waals surface area contributed by atoms with Crippen molar-refractivity contribution < 1.29 is 0 Å². The van der Waals surface area contributed by atoms with Crippen molar-refractivity contribution in [3.05, 3.63) is 70.8 Å². The molecule has 0 radical (unpaired) electrons. The molecule has 2 aromatic carbocycles. The molecule has 0 bridgehead atoms. The second kappa shape index (κ2) is 6.29. The summed E-state index contributed by atoms with van der Waals surface area (Å²) < 4.78 is 0. The van der Waals surface area contributed by atoms with Crippen molar-refractivity contribution in [3.63, 3.8) is 0 Å². The molecule has 2 unspecified atom stereocenters. The SMILES string of the molecule is PCc1ccc(Cc2ccc(CP)cc2)cc1. The van der Waals surface area contributed by atoms with Crippen LogP contribution in [0.3, 0.4) is 0 Å². The largest absolute Gasteiger partial charge is 0.133 e. The molecular weight excluding hydrogens is 242 g/mol. The van der Waals surface area contributed by atoms with Gasteiger partial charge in [0.2, 0.25) is 0 Å². The molecule has 2 rings (SSSR count). The van der Waals surface area contributed by atoms with Gasteiger partial charge in [-0.15, -0.1) is 18.5 Å². The van der Waals surface area contributed by atoms with Crippen molar-refractivity contribution >= 4 is 18.5 Å². The first kappa shape index (κ1) is 12.7. The molecule has 0 aliphatic heterocycles. The van der Waals surface area contributed by atoms with E-state index in [2.05, 4.69) is 67.0 Å². The molecule has 0 N–H and O–H groups in total. The van der Waals surface area contributed by atoms with Crippen LogP contribution in [0.25, 0.3) is 0 Å². The zero-order chi connectivity index (χ0) is 12.1. The van der Waals surface area contributed by atoms with Gasteiger partial charge in [0.15, 0.2) is 0 Å². The zero-order valence-electron chi connectivity index (χ0n) is 9.89. The smallest absolute Gasteiger partial charge is 0.00258 e. The van der Waals surface area contributed by atoms with Crippen LogP contribution in [-0.2, 0) is 18.7 Å². The summed E-state index contributed by atoms with van der Waals surface area (Å²) in [5.41, 5.74) is 5.51. The molecule has 0 fully saturated rings. The van der Waals surface area contributed by atoms with Crippen LogP contribution in [-0.4, -0.2) is 0 Å². The molecule has 88 valence electrons. The maximum Gasteiger partial charge on any atom is -0.00258 e. The number of rotatable bonds is 4. The Hall–Kier alpha value is -0.700. The van der Waals surface area contributed by atoms with Gasteiger partial charge < -0.3 is 0 Å². The van der Waals surface area contributed by atoms with E-state index in [1.54, 1.807) is 0 Å². The molecular formula is C15H18P2. The van der Waals surface area contributed by atoms with E-state index in [-0.39, 0.29) is 0 Å². The lowest BCUT2D eigenvalue weighted by atomic mass is 10.0. The van der Waals surface area contributed by atoms with Gasteiger partial charge in [0, 0.05) is 0 Å². The van der Waals surface area contributed by atoms with Gasteiger partial charge >= 0.3 is 0 Å². The van der Waals surface area contributed by atoms with Gasteiger partial charge in [-0.2, -0.15) is 0 Å². The van der Waals surface area contributed by atoms with Crippen LogP contribution in [0.5, 0.6) is 0 Å². The lowest BCUT2D eigenvalue weighted by Crippen LogP contribution is -1.89. The molecule has 0 aromatic heterocycles. The zero-order valence-corrected chi connectivity index (χ0v) is 12.2. The number of benzene rings is 2.